The molecule has 0 unspecified atom stereocenters. The minimum Gasteiger partial charge on any atom is -0.354 e. The molecule has 0 saturated heterocycles. The predicted octanol–water partition coefficient (Wildman–Crippen LogP) is 2.25. The first-order chi connectivity index (χ1) is 10.1. The van der Waals surface area contributed by atoms with Crippen LogP contribution >= 0.6 is 0 Å². The van der Waals surface area contributed by atoms with Crippen LogP contribution in [-0.2, 0) is 13.1 Å². The fourth-order valence-corrected chi connectivity index (χ4v) is 2.00. The third-order valence-corrected chi connectivity index (χ3v) is 3.06. The Morgan fingerprint density at radius 2 is 2.05 bits per heavy atom. The summed E-state index contributed by atoms with van der Waals surface area (Å²) in [6.45, 7) is 6.89. The number of hydrogen-bond donors (Lipinski definition) is 1. The molecule has 0 aromatic carbocycles. The first-order valence-electron chi connectivity index (χ1n) is 7.27. The van der Waals surface area contributed by atoms with Crippen molar-refractivity contribution in [2.75, 3.05) is 18.5 Å². The standard InChI is InChI=1S/C16H23N5/c1-13(2)7-18-9-15-10-19-11-16(20-15)21(3)12-14-5-4-6-17-8-14/h4-6,8,10-11,13,18H,7,9,12H2,1-3H3. The molecule has 2 aromatic heterocycles. The molecule has 0 radical (unpaired) electrons. The van der Waals surface area contributed by atoms with Crippen LogP contribution in [0.3, 0.4) is 0 Å². The van der Waals surface area contributed by atoms with Crippen LogP contribution in [0.15, 0.2) is 36.9 Å². The van der Waals surface area contributed by atoms with Gasteiger partial charge in [0.1, 0.15) is 5.82 Å². The molecule has 0 bridgehead atoms. The van der Waals surface area contributed by atoms with Crippen molar-refractivity contribution in [3.63, 3.8) is 0 Å². The van der Waals surface area contributed by atoms with E-state index >= 15 is 0 Å². The number of aromatic nitrogens is 3. The van der Waals surface area contributed by atoms with Crippen LogP contribution in [0.5, 0.6) is 0 Å². The van der Waals surface area contributed by atoms with Crippen molar-refractivity contribution in [1.82, 2.24) is 20.3 Å². The van der Waals surface area contributed by atoms with Gasteiger partial charge < -0.3 is 10.2 Å². The largest absolute Gasteiger partial charge is 0.354 e. The molecule has 0 spiro atoms. The molecule has 5 nitrogen and oxygen atoms in total. The molecular weight excluding hydrogens is 262 g/mol. The van der Waals surface area contributed by atoms with Crippen LogP contribution in [0.4, 0.5) is 5.82 Å². The molecule has 112 valence electrons. The van der Waals surface area contributed by atoms with E-state index in [0.29, 0.717) is 5.92 Å². The Balaban J connectivity index is 1.96. The zero-order valence-electron chi connectivity index (χ0n) is 13.0. The Bertz CT molecular complexity index is 541. The highest BCUT2D eigenvalue weighted by atomic mass is 15.2. The van der Waals surface area contributed by atoms with Gasteiger partial charge in [0, 0.05) is 38.7 Å². The Labute approximate surface area is 126 Å². The van der Waals surface area contributed by atoms with E-state index in [9.17, 15) is 0 Å². The third-order valence-electron chi connectivity index (χ3n) is 3.06. The van der Waals surface area contributed by atoms with Crippen LogP contribution in [-0.4, -0.2) is 28.5 Å². The van der Waals surface area contributed by atoms with Gasteiger partial charge in [0.2, 0.25) is 0 Å². The van der Waals surface area contributed by atoms with E-state index in [1.807, 2.05) is 25.5 Å². The Kier molecular flexibility index (Phi) is 5.63. The fourth-order valence-electron chi connectivity index (χ4n) is 2.00. The van der Waals surface area contributed by atoms with Crippen LogP contribution in [0.25, 0.3) is 0 Å². The van der Waals surface area contributed by atoms with E-state index in [4.69, 9.17) is 0 Å². The van der Waals surface area contributed by atoms with E-state index in [1.165, 1.54) is 0 Å². The number of pyridine rings is 1. The van der Waals surface area contributed by atoms with Crippen molar-refractivity contribution in [2.24, 2.45) is 5.92 Å². The van der Waals surface area contributed by atoms with E-state index in [-0.39, 0.29) is 0 Å². The molecule has 0 aliphatic heterocycles. The summed E-state index contributed by atoms with van der Waals surface area (Å²) in [5, 5.41) is 3.39. The quantitative estimate of drug-likeness (QED) is 0.845. The van der Waals surface area contributed by atoms with E-state index in [1.54, 1.807) is 12.4 Å². The van der Waals surface area contributed by atoms with Gasteiger partial charge in [-0.1, -0.05) is 19.9 Å². The number of anilines is 1. The zero-order valence-corrected chi connectivity index (χ0v) is 13.0. The molecule has 5 heteroatoms. The first kappa shape index (κ1) is 15.4. The summed E-state index contributed by atoms with van der Waals surface area (Å²) in [5.74, 6) is 1.51. The summed E-state index contributed by atoms with van der Waals surface area (Å²) in [7, 11) is 2.02. The molecule has 0 saturated carbocycles. The monoisotopic (exact) mass is 285 g/mol. The summed E-state index contributed by atoms with van der Waals surface area (Å²) in [4.78, 5) is 15.1. The average molecular weight is 285 g/mol. The maximum Gasteiger partial charge on any atom is 0.147 e. The average Bonchev–Trinajstić information content (AvgIpc) is 2.48. The van der Waals surface area contributed by atoms with Crippen molar-refractivity contribution in [3.05, 3.63) is 48.2 Å². The van der Waals surface area contributed by atoms with Gasteiger partial charge in [0.05, 0.1) is 11.9 Å². The van der Waals surface area contributed by atoms with Gasteiger partial charge in [0.25, 0.3) is 0 Å². The molecule has 0 fully saturated rings. The van der Waals surface area contributed by atoms with Crippen molar-refractivity contribution in [2.45, 2.75) is 26.9 Å². The molecule has 0 atom stereocenters. The van der Waals surface area contributed by atoms with Gasteiger partial charge in [0.15, 0.2) is 0 Å². The second kappa shape index (κ2) is 7.69. The SMILES string of the molecule is CC(C)CNCc1cncc(N(C)Cc2cccnc2)n1. The van der Waals surface area contributed by atoms with Crippen LogP contribution in [0, 0.1) is 5.92 Å². The maximum atomic E-state index is 4.65. The number of hydrogen-bond acceptors (Lipinski definition) is 5. The minimum atomic E-state index is 0.634. The molecule has 2 heterocycles. The van der Waals surface area contributed by atoms with Crippen LogP contribution in [0.2, 0.25) is 0 Å². The number of nitrogens with zero attached hydrogens (tertiary/aromatic N) is 4. The lowest BCUT2D eigenvalue weighted by Crippen LogP contribution is -2.22. The summed E-state index contributed by atoms with van der Waals surface area (Å²) >= 11 is 0. The second-order valence-electron chi connectivity index (χ2n) is 5.61. The van der Waals surface area contributed by atoms with Gasteiger partial charge in [-0.3, -0.25) is 9.97 Å². The molecule has 0 amide bonds. The molecule has 2 aromatic rings. The van der Waals surface area contributed by atoms with E-state index in [2.05, 4.69) is 45.1 Å². The van der Waals surface area contributed by atoms with E-state index < -0.39 is 0 Å². The van der Waals surface area contributed by atoms with Gasteiger partial charge in [-0.2, -0.15) is 0 Å². The molecule has 21 heavy (non-hydrogen) atoms. The van der Waals surface area contributed by atoms with Gasteiger partial charge in [-0.15, -0.1) is 0 Å². The highest BCUT2D eigenvalue weighted by molar-refractivity contribution is 5.36. The van der Waals surface area contributed by atoms with Gasteiger partial charge in [-0.25, -0.2) is 4.98 Å². The summed E-state index contributed by atoms with van der Waals surface area (Å²) < 4.78 is 0. The lowest BCUT2D eigenvalue weighted by molar-refractivity contribution is 0.547. The highest BCUT2D eigenvalue weighted by Gasteiger charge is 2.06. The lowest BCUT2D eigenvalue weighted by Gasteiger charge is -2.18. The normalized spacial score (nSPS) is 10.9. The summed E-state index contributed by atoms with van der Waals surface area (Å²) in [6, 6.07) is 4.01. The molecule has 0 aliphatic rings. The minimum absolute atomic E-state index is 0.634. The van der Waals surface area contributed by atoms with Crippen LogP contribution in [0.1, 0.15) is 25.1 Å². The van der Waals surface area contributed by atoms with Crippen molar-refractivity contribution in [3.8, 4) is 0 Å². The molecule has 0 aliphatic carbocycles. The second-order valence-corrected chi connectivity index (χ2v) is 5.61. The highest BCUT2D eigenvalue weighted by Crippen LogP contribution is 2.11. The maximum absolute atomic E-state index is 4.65. The van der Waals surface area contributed by atoms with Crippen molar-refractivity contribution < 1.29 is 0 Å². The summed E-state index contributed by atoms with van der Waals surface area (Å²) in [5.41, 5.74) is 2.12. The molecule has 2 rings (SSSR count). The fraction of sp³-hybridized carbons (Fsp3) is 0.438. The van der Waals surface area contributed by atoms with Crippen molar-refractivity contribution >= 4 is 5.82 Å². The van der Waals surface area contributed by atoms with Crippen molar-refractivity contribution in [1.29, 1.82) is 0 Å². The van der Waals surface area contributed by atoms with Crippen LogP contribution < -0.4 is 10.2 Å². The topological polar surface area (TPSA) is 53.9 Å². The Morgan fingerprint density at radius 1 is 1.19 bits per heavy atom. The summed E-state index contributed by atoms with van der Waals surface area (Å²) in [6.07, 6.45) is 7.26. The smallest absolute Gasteiger partial charge is 0.147 e. The predicted molar refractivity (Wildman–Crippen MR) is 84.9 cm³/mol. The van der Waals surface area contributed by atoms with Gasteiger partial charge in [-0.05, 0) is 24.1 Å². The first-order valence-corrected chi connectivity index (χ1v) is 7.27. The Hall–Kier alpha value is -2.01. The zero-order chi connectivity index (χ0) is 15.1. The Morgan fingerprint density at radius 3 is 2.76 bits per heavy atom. The number of rotatable bonds is 7. The van der Waals surface area contributed by atoms with Gasteiger partial charge >= 0.3 is 0 Å². The molecular formula is C16H23N5. The molecule has 1 N–H and O–H groups in total. The van der Waals surface area contributed by atoms with E-state index in [0.717, 1.165) is 36.7 Å². The third kappa shape index (κ3) is 5.11. The number of nitrogens with one attached hydrogen (secondary N) is 1. The lowest BCUT2D eigenvalue weighted by atomic mass is 10.2.